The number of benzene rings is 1. The van der Waals surface area contributed by atoms with Crippen LogP contribution in [0.25, 0.3) is 0 Å². The minimum Gasteiger partial charge on any atom is -0.438 e. The fourth-order valence-electron chi connectivity index (χ4n) is 1.58. The van der Waals surface area contributed by atoms with E-state index in [2.05, 4.69) is 4.98 Å². The van der Waals surface area contributed by atoms with Crippen LogP contribution in [0, 0.1) is 0 Å². The van der Waals surface area contributed by atoms with Crippen molar-refractivity contribution in [3.05, 3.63) is 52.7 Å². The topological polar surface area (TPSA) is 39.2 Å². The quantitative estimate of drug-likeness (QED) is 0.784. The van der Waals surface area contributed by atoms with E-state index in [1.165, 1.54) is 0 Å². The average molecular weight is 262 g/mol. The van der Waals surface area contributed by atoms with Crippen molar-refractivity contribution in [1.29, 1.82) is 0 Å². The number of nitrogens with zero attached hydrogens (tertiary/aromatic N) is 1. The zero-order valence-electron chi connectivity index (χ0n) is 9.89. The van der Waals surface area contributed by atoms with E-state index in [1.807, 2.05) is 13.0 Å². The fourth-order valence-corrected chi connectivity index (χ4v) is 1.83. The normalized spacial score (nSPS) is 10.1. The average Bonchev–Trinajstić information content (AvgIpc) is 2.41. The summed E-state index contributed by atoms with van der Waals surface area (Å²) in [5.74, 6) is 0.926. The van der Waals surface area contributed by atoms with Crippen molar-refractivity contribution < 1.29 is 9.53 Å². The largest absolute Gasteiger partial charge is 0.438 e. The lowest BCUT2D eigenvalue weighted by atomic mass is 10.1. The van der Waals surface area contributed by atoms with Crippen molar-refractivity contribution in [2.75, 3.05) is 0 Å². The first-order valence-electron chi connectivity index (χ1n) is 5.61. The predicted molar refractivity (Wildman–Crippen MR) is 70.5 cm³/mol. The molecule has 0 saturated carbocycles. The van der Waals surface area contributed by atoms with Crippen LogP contribution in [0.3, 0.4) is 0 Å². The van der Waals surface area contributed by atoms with Gasteiger partial charge in [0.2, 0.25) is 5.88 Å². The second kappa shape index (κ2) is 5.65. The van der Waals surface area contributed by atoms with Gasteiger partial charge in [0.25, 0.3) is 0 Å². The van der Waals surface area contributed by atoms with Gasteiger partial charge in [-0.05, 0) is 42.3 Å². The third kappa shape index (κ3) is 2.68. The van der Waals surface area contributed by atoms with E-state index in [1.54, 1.807) is 30.5 Å². The Kier molecular flexibility index (Phi) is 3.95. The molecule has 0 bridgehead atoms. The fraction of sp³-hybridized carbons (Fsp3) is 0.143. The first-order chi connectivity index (χ1) is 8.74. The number of ether oxygens (including phenoxy) is 1. The number of aromatic nitrogens is 1. The van der Waals surface area contributed by atoms with Gasteiger partial charge in [0.05, 0.1) is 5.56 Å². The van der Waals surface area contributed by atoms with Crippen LogP contribution in [0.2, 0.25) is 5.02 Å². The van der Waals surface area contributed by atoms with Crippen LogP contribution in [0.1, 0.15) is 22.8 Å². The van der Waals surface area contributed by atoms with Crippen LogP contribution in [-0.2, 0) is 6.42 Å². The van der Waals surface area contributed by atoms with Gasteiger partial charge in [0.15, 0.2) is 6.29 Å². The maximum atomic E-state index is 10.9. The molecule has 1 aromatic heterocycles. The number of hydrogen-bond acceptors (Lipinski definition) is 3. The van der Waals surface area contributed by atoms with E-state index >= 15 is 0 Å². The van der Waals surface area contributed by atoms with E-state index in [4.69, 9.17) is 16.3 Å². The summed E-state index contributed by atoms with van der Waals surface area (Å²) in [5.41, 5.74) is 1.42. The molecule has 3 nitrogen and oxygen atoms in total. The number of rotatable bonds is 4. The van der Waals surface area contributed by atoms with Gasteiger partial charge in [-0.1, -0.05) is 18.5 Å². The monoisotopic (exact) mass is 261 g/mol. The highest BCUT2D eigenvalue weighted by Crippen LogP contribution is 2.26. The van der Waals surface area contributed by atoms with Crippen molar-refractivity contribution >= 4 is 17.9 Å². The van der Waals surface area contributed by atoms with Gasteiger partial charge in [-0.3, -0.25) is 4.79 Å². The Labute approximate surface area is 110 Å². The van der Waals surface area contributed by atoms with Crippen molar-refractivity contribution in [2.45, 2.75) is 13.3 Å². The summed E-state index contributed by atoms with van der Waals surface area (Å²) < 4.78 is 5.60. The smallest absolute Gasteiger partial charge is 0.229 e. The van der Waals surface area contributed by atoms with Gasteiger partial charge in [-0.25, -0.2) is 4.98 Å². The summed E-state index contributed by atoms with van der Waals surface area (Å²) in [5, 5.41) is 0.710. The molecular formula is C14H12ClNO2. The lowest BCUT2D eigenvalue weighted by Gasteiger charge is -2.08. The molecule has 0 atom stereocenters. The van der Waals surface area contributed by atoms with E-state index in [9.17, 15) is 4.79 Å². The Morgan fingerprint density at radius 3 is 2.94 bits per heavy atom. The molecule has 1 heterocycles. The van der Waals surface area contributed by atoms with Gasteiger partial charge >= 0.3 is 0 Å². The van der Waals surface area contributed by atoms with Crippen LogP contribution in [0.4, 0.5) is 0 Å². The highest BCUT2D eigenvalue weighted by molar-refractivity contribution is 6.31. The second-order valence-electron chi connectivity index (χ2n) is 3.72. The van der Waals surface area contributed by atoms with Crippen molar-refractivity contribution in [1.82, 2.24) is 4.98 Å². The second-order valence-corrected chi connectivity index (χ2v) is 4.13. The van der Waals surface area contributed by atoms with Crippen molar-refractivity contribution in [3.8, 4) is 11.6 Å². The summed E-state index contributed by atoms with van der Waals surface area (Å²) in [6.45, 7) is 2.02. The van der Waals surface area contributed by atoms with Crippen LogP contribution in [0.15, 0.2) is 36.5 Å². The van der Waals surface area contributed by atoms with E-state index in [-0.39, 0.29) is 0 Å². The number of aryl methyl sites for hydroxylation is 1. The highest BCUT2D eigenvalue weighted by atomic mass is 35.5. The standard InChI is InChI=1S/C14H12ClNO2/c1-2-10-8-12(5-6-13(10)15)18-14-11(9-17)4-3-7-16-14/h3-9H,2H2,1H3. The SMILES string of the molecule is CCc1cc(Oc2ncccc2C=O)ccc1Cl. The molecular weight excluding hydrogens is 250 g/mol. The summed E-state index contributed by atoms with van der Waals surface area (Å²) in [7, 11) is 0. The molecule has 0 aliphatic rings. The molecule has 0 amide bonds. The minimum absolute atomic E-state index is 0.303. The number of carbonyl (C=O) groups excluding carboxylic acids is 1. The maximum absolute atomic E-state index is 10.9. The van der Waals surface area contributed by atoms with Gasteiger partial charge in [-0.2, -0.15) is 0 Å². The number of halogens is 1. The summed E-state index contributed by atoms with van der Waals surface area (Å²) in [6, 6.07) is 8.73. The van der Waals surface area contributed by atoms with Crippen LogP contribution in [0.5, 0.6) is 11.6 Å². The molecule has 1 aromatic carbocycles. The lowest BCUT2D eigenvalue weighted by Crippen LogP contribution is -1.94. The third-order valence-electron chi connectivity index (χ3n) is 2.54. The van der Waals surface area contributed by atoms with E-state index in [0.29, 0.717) is 22.2 Å². The number of hydrogen-bond donors (Lipinski definition) is 0. The molecule has 0 fully saturated rings. The molecule has 0 radical (unpaired) electrons. The molecule has 0 unspecified atom stereocenters. The molecule has 4 heteroatoms. The van der Waals surface area contributed by atoms with E-state index in [0.717, 1.165) is 18.3 Å². The van der Waals surface area contributed by atoms with E-state index < -0.39 is 0 Å². The van der Waals surface area contributed by atoms with Gasteiger partial charge < -0.3 is 4.74 Å². The van der Waals surface area contributed by atoms with Crippen LogP contribution >= 0.6 is 11.6 Å². The lowest BCUT2D eigenvalue weighted by molar-refractivity contribution is 0.112. The summed E-state index contributed by atoms with van der Waals surface area (Å²) >= 11 is 6.03. The van der Waals surface area contributed by atoms with Crippen LogP contribution in [-0.4, -0.2) is 11.3 Å². The molecule has 92 valence electrons. The zero-order chi connectivity index (χ0) is 13.0. The van der Waals surface area contributed by atoms with Gasteiger partial charge in [0, 0.05) is 11.2 Å². The Bertz CT molecular complexity index is 569. The Morgan fingerprint density at radius 2 is 2.22 bits per heavy atom. The summed E-state index contributed by atoms with van der Waals surface area (Å²) in [6.07, 6.45) is 3.12. The molecule has 18 heavy (non-hydrogen) atoms. The zero-order valence-corrected chi connectivity index (χ0v) is 10.6. The predicted octanol–water partition coefficient (Wildman–Crippen LogP) is 3.90. The molecule has 0 spiro atoms. The van der Waals surface area contributed by atoms with Crippen LogP contribution < -0.4 is 4.74 Å². The first kappa shape index (κ1) is 12.6. The molecule has 2 rings (SSSR count). The molecule has 0 aliphatic heterocycles. The molecule has 0 N–H and O–H groups in total. The summed E-state index contributed by atoms with van der Waals surface area (Å²) in [4.78, 5) is 14.9. The number of carbonyl (C=O) groups is 1. The van der Waals surface area contributed by atoms with Crippen molar-refractivity contribution in [2.24, 2.45) is 0 Å². The number of pyridine rings is 1. The van der Waals surface area contributed by atoms with Gasteiger partial charge in [-0.15, -0.1) is 0 Å². The highest BCUT2D eigenvalue weighted by Gasteiger charge is 2.06. The Balaban J connectivity index is 2.31. The van der Waals surface area contributed by atoms with Gasteiger partial charge in [0.1, 0.15) is 5.75 Å². The minimum atomic E-state index is 0.303. The van der Waals surface area contributed by atoms with Crippen molar-refractivity contribution in [3.63, 3.8) is 0 Å². The third-order valence-corrected chi connectivity index (χ3v) is 2.91. The molecule has 0 saturated heterocycles. The maximum Gasteiger partial charge on any atom is 0.229 e. The molecule has 0 aliphatic carbocycles. The number of aldehydes is 1. The molecule has 2 aromatic rings. The Morgan fingerprint density at radius 1 is 1.39 bits per heavy atom. The first-order valence-corrected chi connectivity index (χ1v) is 5.99. The Hall–Kier alpha value is -1.87.